The van der Waals surface area contributed by atoms with Crippen LogP contribution in [-0.2, 0) is 109 Å². The summed E-state index contributed by atoms with van der Waals surface area (Å²) in [6.07, 6.45) is -4.51. The van der Waals surface area contributed by atoms with Gasteiger partial charge in [0.15, 0.2) is 0 Å². The number of fused-ring (bicyclic) bond motifs is 1. The lowest BCUT2D eigenvalue weighted by Gasteiger charge is -2.30. The molecule has 43 nitrogen and oxygen atoms in total. The quantitative estimate of drug-likeness (QED) is 0.0256. The zero-order chi connectivity index (χ0) is 93.6. The molecule has 4 rings (SSSR count). The van der Waals surface area contributed by atoms with Crippen LogP contribution >= 0.6 is 0 Å². The second kappa shape index (κ2) is 52.0. The summed E-state index contributed by atoms with van der Waals surface area (Å²) in [7, 11) is 0. The van der Waals surface area contributed by atoms with Gasteiger partial charge in [-0.05, 0) is 139 Å². The van der Waals surface area contributed by atoms with E-state index in [0.717, 1.165) is 17.4 Å². The SMILES string of the molecule is CC[C@H](C)[C@H](NC(=O)[C@H](CC(=O)O)NC(=O)[C@H](CCC(N)=O)NC(=O)[C@H](CC(C)C)NC(=O)[C@@H](N)Cc1ccccc1)C(=O)N[C@@H](CC(C)C)C(=O)N[C@@H](Cc1c[nH]c2ccccc12)C(=O)N[C@@H](CCC(=O)O)C(=O)N[C@@H](CCC(=O)O)C(=O)N[C@@H](C)C(=O)N[C@@H](CCCCN)C(=O)N[C@@H](CCC(=O)O)C(=O)N[C@@H](C)C(=O)N1CCC[C@H]1C(=O)N[C@@H](C)C(=O)O. The molecule has 3 aromatic rings. The van der Waals surface area contributed by atoms with Crippen LogP contribution in [-0.4, -0.2) is 258 Å². The fraction of sp³-hybridized carbons (Fsp3) is 0.585. The van der Waals surface area contributed by atoms with Gasteiger partial charge >= 0.3 is 29.8 Å². The molecule has 125 heavy (non-hydrogen) atoms. The number of carbonyl (C=O) groups is 20. The number of hydrogen-bond donors (Lipinski definition) is 22. The zero-order valence-corrected chi connectivity index (χ0v) is 71.6. The van der Waals surface area contributed by atoms with Gasteiger partial charge in [0.2, 0.25) is 88.6 Å². The van der Waals surface area contributed by atoms with Crippen molar-refractivity contribution in [3.05, 3.63) is 71.9 Å². The summed E-state index contributed by atoms with van der Waals surface area (Å²) in [4.78, 5) is 275. The molecule has 0 saturated carbocycles. The summed E-state index contributed by atoms with van der Waals surface area (Å²) in [5.41, 5.74) is 19.1. The number of nitrogens with zero attached hydrogens (tertiary/aromatic N) is 1. The Bertz CT molecular complexity index is 4300. The predicted octanol–water partition coefficient (Wildman–Crippen LogP) is -2.68. The highest BCUT2D eigenvalue weighted by molar-refractivity contribution is 6.02. The Labute approximate surface area is 721 Å². The van der Waals surface area contributed by atoms with Gasteiger partial charge in [-0.15, -0.1) is 0 Å². The second-order valence-electron chi connectivity index (χ2n) is 31.9. The van der Waals surface area contributed by atoms with E-state index in [-0.39, 0.29) is 70.4 Å². The molecule has 43 heteroatoms. The van der Waals surface area contributed by atoms with Crippen LogP contribution in [0.15, 0.2) is 60.8 Å². The molecular formula is C82H122N18O25. The number of carboxylic acid groups (broad SMARTS) is 5. The first-order valence-corrected chi connectivity index (χ1v) is 41.5. The lowest BCUT2D eigenvalue weighted by molar-refractivity contribution is -0.144. The number of nitrogens with two attached hydrogens (primary N) is 3. The zero-order valence-electron chi connectivity index (χ0n) is 71.6. The molecule has 0 bridgehead atoms. The Hall–Kier alpha value is -12.7. The van der Waals surface area contributed by atoms with Crippen molar-refractivity contribution in [3.63, 3.8) is 0 Å². The average molecular weight is 1760 g/mol. The summed E-state index contributed by atoms with van der Waals surface area (Å²) < 4.78 is 0. The molecule has 0 spiro atoms. The van der Waals surface area contributed by atoms with Crippen molar-refractivity contribution in [2.75, 3.05) is 13.1 Å². The molecular weight excluding hydrogens is 1640 g/mol. The van der Waals surface area contributed by atoms with Crippen molar-refractivity contribution in [2.45, 2.75) is 275 Å². The number of hydrogen-bond acceptors (Lipinski definition) is 22. The van der Waals surface area contributed by atoms with Crippen molar-refractivity contribution < 1.29 is 121 Å². The second-order valence-corrected chi connectivity index (χ2v) is 31.9. The molecule has 1 fully saturated rings. The average Bonchev–Trinajstić information content (AvgIpc) is 1.72. The number of aromatic amines is 1. The molecule has 2 aromatic carbocycles. The van der Waals surface area contributed by atoms with E-state index in [1.54, 1.807) is 89.2 Å². The molecule has 1 aliphatic heterocycles. The summed E-state index contributed by atoms with van der Waals surface area (Å²) in [5, 5.41) is 81.2. The molecule has 0 aliphatic carbocycles. The Morgan fingerprint density at radius 1 is 0.440 bits per heavy atom. The van der Waals surface area contributed by atoms with Crippen molar-refractivity contribution in [2.24, 2.45) is 35.0 Å². The van der Waals surface area contributed by atoms with E-state index in [9.17, 15) is 117 Å². The number of likely N-dealkylation sites (tertiary alicyclic amines) is 1. The van der Waals surface area contributed by atoms with E-state index in [0.29, 0.717) is 22.9 Å². The molecule has 1 saturated heterocycles. The smallest absolute Gasteiger partial charge is 0.325 e. The summed E-state index contributed by atoms with van der Waals surface area (Å²) in [6.45, 7) is 13.8. The van der Waals surface area contributed by atoms with E-state index < -0.39 is 285 Å². The normalized spacial score (nSPS) is 16.0. The number of carboxylic acids is 5. The largest absolute Gasteiger partial charge is 0.481 e. The molecule has 0 unspecified atom stereocenters. The maximum absolute atomic E-state index is 15.0. The fourth-order valence-corrected chi connectivity index (χ4v) is 13.5. The van der Waals surface area contributed by atoms with Crippen molar-refractivity contribution in [1.82, 2.24) is 79.0 Å². The minimum atomic E-state index is -2.00. The highest BCUT2D eigenvalue weighted by Gasteiger charge is 2.42. The molecule has 15 amide bonds. The van der Waals surface area contributed by atoms with Crippen LogP contribution < -0.4 is 86.3 Å². The van der Waals surface area contributed by atoms with Gasteiger partial charge in [0.1, 0.15) is 84.6 Å². The van der Waals surface area contributed by atoms with Crippen molar-refractivity contribution in [1.29, 1.82) is 0 Å². The maximum atomic E-state index is 15.0. The van der Waals surface area contributed by atoms with E-state index >= 15 is 4.79 Å². The minimum Gasteiger partial charge on any atom is -0.481 e. The summed E-state index contributed by atoms with van der Waals surface area (Å²) in [5.74, 6) is -24.3. The van der Waals surface area contributed by atoms with E-state index in [2.05, 4.69) is 74.1 Å². The lowest BCUT2D eigenvalue weighted by Crippen LogP contribution is -2.62. The fourth-order valence-electron chi connectivity index (χ4n) is 13.5. The number of amides is 15. The third-order valence-electron chi connectivity index (χ3n) is 20.6. The highest BCUT2D eigenvalue weighted by Crippen LogP contribution is 2.23. The number of H-pyrrole nitrogens is 1. The first-order valence-electron chi connectivity index (χ1n) is 41.5. The van der Waals surface area contributed by atoms with Gasteiger partial charge in [0, 0.05) is 55.7 Å². The summed E-state index contributed by atoms with van der Waals surface area (Å²) in [6, 6.07) is -8.06. The van der Waals surface area contributed by atoms with Crippen LogP contribution in [0.1, 0.15) is 183 Å². The van der Waals surface area contributed by atoms with Gasteiger partial charge in [-0.1, -0.05) is 96.5 Å². The number of para-hydroxylation sites is 1. The first kappa shape index (κ1) is 105. The minimum absolute atomic E-state index is 0.0272. The van der Waals surface area contributed by atoms with Gasteiger partial charge < -0.3 is 122 Å². The number of aromatic nitrogens is 1. The molecule has 1 aliphatic rings. The molecule has 2 heterocycles. The molecule has 690 valence electrons. The summed E-state index contributed by atoms with van der Waals surface area (Å²) >= 11 is 0. The number of primary amides is 1. The van der Waals surface area contributed by atoms with Crippen LogP contribution in [0.2, 0.25) is 0 Å². The number of carbonyl (C=O) groups excluding carboxylic acids is 15. The van der Waals surface area contributed by atoms with E-state index in [1.165, 1.54) is 27.0 Å². The van der Waals surface area contributed by atoms with Crippen molar-refractivity contribution in [3.8, 4) is 0 Å². The Morgan fingerprint density at radius 3 is 1.34 bits per heavy atom. The van der Waals surface area contributed by atoms with Crippen LogP contribution in [0, 0.1) is 17.8 Å². The topological polar surface area (TPSA) is 696 Å². The van der Waals surface area contributed by atoms with Crippen LogP contribution in [0.3, 0.4) is 0 Å². The predicted molar refractivity (Wildman–Crippen MR) is 447 cm³/mol. The van der Waals surface area contributed by atoms with Gasteiger partial charge in [-0.25, -0.2) is 0 Å². The first-order chi connectivity index (χ1) is 58.8. The number of nitrogens with one attached hydrogen (secondary N) is 14. The van der Waals surface area contributed by atoms with Gasteiger partial charge in [0.05, 0.1) is 12.5 Å². The number of benzene rings is 2. The third kappa shape index (κ3) is 36.0. The molecule has 25 N–H and O–H groups in total. The van der Waals surface area contributed by atoms with Crippen LogP contribution in [0.4, 0.5) is 0 Å². The number of rotatable bonds is 56. The van der Waals surface area contributed by atoms with Crippen molar-refractivity contribution >= 4 is 129 Å². The van der Waals surface area contributed by atoms with Crippen LogP contribution in [0.5, 0.6) is 0 Å². The van der Waals surface area contributed by atoms with E-state index in [1.807, 2.05) is 0 Å². The Kier molecular flexibility index (Phi) is 43.6. The lowest BCUT2D eigenvalue weighted by atomic mass is 9.96. The van der Waals surface area contributed by atoms with Crippen LogP contribution in [0.25, 0.3) is 10.9 Å². The third-order valence-corrected chi connectivity index (χ3v) is 20.6. The van der Waals surface area contributed by atoms with E-state index in [4.69, 9.17) is 17.2 Å². The van der Waals surface area contributed by atoms with Gasteiger partial charge in [-0.3, -0.25) is 95.9 Å². The van der Waals surface area contributed by atoms with Gasteiger partial charge in [-0.2, -0.15) is 0 Å². The monoisotopic (exact) mass is 1760 g/mol. The molecule has 0 radical (unpaired) electrons. The highest BCUT2D eigenvalue weighted by atomic mass is 16.4. The number of unbranched alkanes of at least 4 members (excludes halogenated alkanes) is 1. The number of aliphatic carboxylic acids is 5. The maximum Gasteiger partial charge on any atom is 0.325 e. The molecule has 1 aromatic heterocycles. The standard InChI is InChI=1S/C82H122N18O25/c1-10-43(6)67(99-78(120)60(39-66(108)109)97-74(116)53(25-29-62(85)101)93-75(117)57(35-41(2)3)95-69(111)50(84)37-47-19-12-11-13-20-47)80(122)98-58(36-42(4)5)76(118)96-59(38-48-40-86-51-22-15-14-21-49(48)51)77(119)94-56(28-32-65(106)107)73(115)92-54(26-30-63(102)103)70(112)87-44(7)68(110)90-52(23-16-17-33-83)72(114)91-55(27-31-64(104)105)71(113)88-45(8)81(123)100-34-18-24-61(100)79(121)89-46(9)82(124)125/h11-15,19-22,40-46,50,52-61,67,86H,10,16-18,23-39,83-84H2,1-9H3,(H2,85,101)(H,87,112)(H,88,113)(H,89,121)(H,90,110)(H,91,114)(H,92,115)(H,93,117)(H,94,119)(H,95,111)(H,96,118)(H,97,116)(H,98,122)(H,99,120)(H,102,103)(H,104,105)(H,106,107)(H,108,109)(H,124,125)/t43-,44-,45-,46-,50-,52-,53-,54-,55-,56-,57-,58-,59-,60-,61-,67-/m0/s1. The van der Waals surface area contributed by atoms with Gasteiger partial charge in [0.25, 0.3) is 0 Å². The molecule has 16 atom stereocenters. The Morgan fingerprint density at radius 2 is 0.864 bits per heavy atom. The Balaban J connectivity index is 1.62.